The van der Waals surface area contributed by atoms with Gasteiger partial charge < -0.3 is 14.7 Å². The number of carbonyl (C=O) groups is 1. The molecular weight excluding hydrogens is 285 g/mol. The molecule has 5 heteroatoms. The molecule has 1 aromatic carbocycles. The summed E-state index contributed by atoms with van der Waals surface area (Å²) in [5.74, 6) is -0.765. The van der Waals surface area contributed by atoms with E-state index in [-0.39, 0.29) is 23.4 Å². The summed E-state index contributed by atoms with van der Waals surface area (Å²) < 4.78 is 19.5. The maximum atomic E-state index is 14.0. The van der Waals surface area contributed by atoms with Crippen molar-refractivity contribution in [3.8, 4) is 0 Å². The molecule has 1 saturated carbocycles. The highest BCUT2D eigenvalue weighted by atomic mass is 19.1. The average molecular weight is 307 g/mol. The zero-order valence-corrected chi connectivity index (χ0v) is 12.8. The Morgan fingerprint density at radius 1 is 1.41 bits per heavy atom. The Morgan fingerprint density at radius 3 is 2.95 bits per heavy atom. The summed E-state index contributed by atoms with van der Waals surface area (Å²) in [5.41, 5.74) is 0.967. The van der Waals surface area contributed by atoms with Crippen molar-refractivity contribution in [1.29, 1.82) is 0 Å². The smallest absolute Gasteiger partial charge is 0.257 e. The lowest BCUT2D eigenvalue weighted by molar-refractivity contribution is -0.0385. The quantitative estimate of drug-likeness (QED) is 0.910. The number of halogens is 1. The zero-order valence-electron chi connectivity index (χ0n) is 12.8. The van der Waals surface area contributed by atoms with Crippen molar-refractivity contribution in [3.05, 3.63) is 35.1 Å². The van der Waals surface area contributed by atoms with Crippen LogP contribution in [0.2, 0.25) is 0 Å². The van der Waals surface area contributed by atoms with Gasteiger partial charge in [0.2, 0.25) is 0 Å². The van der Waals surface area contributed by atoms with Crippen LogP contribution in [0.15, 0.2) is 18.2 Å². The largest absolute Gasteiger partial charge is 0.393 e. The molecule has 1 amide bonds. The summed E-state index contributed by atoms with van der Waals surface area (Å²) in [7, 11) is 0. The number of hydrogen-bond donors (Lipinski definition) is 1. The summed E-state index contributed by atoms with van der Waals surface area (Å²) in [5, 5.41) is 10.1. The SMILES string of the molecule is Cc1ccc(F)c(C(=O)N2CCOC[C@@H]2[C@H]2CCC[C@@H]2O)c1. The van der Waals surface area contributed by atoms with Gasteiger partial charge in [0.1, 0.15) is 5.82 Å². The Balaban J connectivity index is 1.86. The van der Waals surface area contributed by atoms with Gasteiger partial charge in [-0.1, -0.05) is 18.1 Å². The first-order valence-corrected chi connectivity index (χ1v) is 7.91. The lowest BCUT2D eigenvalue weighted by Gasteiger charge is -2.40. The Labute approximate surface area is 129 Å². The molecule has 1 saturated heterocycles. The van der Waals surface area contributed by atoms with Crippen molar-refractivity contribution >= 4 is 5.91 Å². The van der Waals surface area contributed by atoms with Gasteiger partial charge in [-0.25, -0.2) is 4.39 Å². The van der Waals surface area contributed by atoms with Crippen LogP contribution in [-0.2, 0) is 4.74 Å². The van der Waals surface area contributed by atoms with E-state index in [0.29, 0.717) is 19.8 Å². The number of aliphatic hydroxyl groups excluding tert-OH is 1. The maximum Gasteiger partial charge on any atom is 0.257 e. The maximum absolute atomic E-state index is 14.0. The number of nitrogens with zero attached hydrogens (tertiary/aromatic N) is 1. The number of amides is 1. The lowest BCUT2D eigenvalue weighted by Crippen LogP contribution is -2.53. The predicted molar refractivity (Wildman–Crippen MR) is 80.1 cm³/mol. The molecule has 0 unspecified atom stereocenters. The van der Waals surface area contributed by atoms with E-state index >= 15 is 0 Å². The number of morpholine rings is 1. The normalized spacial score (nSPS) is 28.9. The molecule has 0 radical (unpaired) electrons. The molecule has 3 atom stereocenters. The predicted octanol–water partition coefficient (Wildman–Crippen LogP) is 2.14. The van der Waals surface area contributed by atoms with E-state index < -0.39 is 11.9 Å². The molecular formula is C17H22FNO3. The molecule has 2 aliphatic rings. The minimum absolute atomic E-state index is 0.0251. The van der Waals surface area contributed by atoms with Crippen molar-refractivity contribution in [2.45, 2.75) is 38.3 Å². The van der Waals surface area contributed by atoms with Gasteiger partial charge in [0.15, 0.2) is 0 Å². The number of aryl methyl sites for hydroxylation is 1. The first-order valence-electron chi connectivity index (χ1n) is 7.91. The molecule has 0 aromatic heterocycles. The molecule has 1 aromatic rings. The molecule has 0 spiro atoms. The van der Waals surface area contributed by atoms with E-state index in [1.54, 1.807) is 17.0 Å². The van der Waals surface area contributed by atoms with Crippen molar-refractivity contribution in [1.82, 2.24) is 4.90 Å². The zero-order chi connectivity index (χ0) is 15.7. The van der Waals surface area contributed by atoms with Crippen LogP contribution < -0.4 is 0 Å². The third kappa shape index (κ3) is 2.88. The average Bonchev–Trinajstić information content (AvgIpc) is 2.95. The molecule has 1 aliphatic heterocycles. The van der Waals surface area contributed by atoms with E-state index in [1.807, 2.05) is 6.92 Å². The van der Waals surface area contributed by atoms with Gasteiger partial charge in [-0.2, -0.15) is 0 Å². The second-order valence-electron chi connectivity index (χ2n) is 6.29. The molecule has 120 valence electrons. The first kappa shape index (κ1) is 15.4. The van der Waals surface area contributed by atoms with E-state index in [2.05, 4.69) is 0 Å². The number of carbonyl (C=O) groups excluding carboxylic acids is 1. The fraction of sp³-hybridized carbons (Fsp3) is 0.588. The summed E-state index contributed by atoms with van der Waals surface area (Å²) in [6, 6.07) is 4.42. The molecule has 2 fully saturated rings. The van der Waals surface area contributed by atoms with Crippen LogP contribution in [0.4, 0.5) is 4.39 Å². The van der Waals surface area contributed by atoms with Gasteiger partial charge >= 0.3 is 0 Å². The molecule has 4 nitrogen and oxygen atoms in total. The second-order valence-corrected chi connectivity index (χ2v) is 6.29. The van der Waals surface area contributed by atoms with E-state index in [1.165, 1.54) is 6.07 Å². The molecule has 1 heterocycles. The second kappa shape index (κ2) is 6.34. The van der Waals surface area contributed by atoms with Crippen molar-refractivity contribution < 1.29 is 19.0 Å². The van der Waals surface area contributed by atoms with Crippen LogP contribution in [0, 0.1) is 18.7 Å². The summed E-state index contributed by atoms with van der Waals surface area (Å²) in [6.45, 7) is 3.16. The van der Waals surface area contributed by atoms with Crippen molar-refractivity contribution in [3.63, 3.8) is 0 Å². The fourth-order valence-electron chi connectivity index (χ4n) is 3.61. The van der Waals surface area contributed by atoms with Crippen LogP contribution in [0.3, 0.4) is 0 Å². The van der Waals surface area contributed by atoms with Gasteiger partial charge in [-0.3, -0.25) is 4.79 Å². The summed E-state index contributed by atoms with van der Waals surface area (Å²) >= 11 is 0. The number of hydrogen-bond acceptors (Lipinski definition) is 3. The van der Waals surface area contributed by atoms with E-state index in [0.717, 1.165) is 24.8 Å². The lowest BCUT2D eigenvalue weighted by atomic mass is 9.93. The third-order valence-electron chi connectivity index (χ3n) is 4.80. The minimum atomic E-state index is -0.493. The Morgan fingerprint density at radius 2 is 2.23 bits per heavy atom. The van der Waals surface area contributed by atoms with Gasteiger partial charge in [-0.15, -0.1) is 0 Å². The van der Waals surface area contributed by atoms with Crippen LogP contribution in [0.5, 0.6) is 0 Å². The van der Waals surface area contributed by atoms with Crippen molar-refractivity contribution in [2.24, 2.45) is 5.92 Å². The molecule has 0 bridgehead atoms. The number of rotatable bonds is 2. The summed E-state index contributed by atoms with van der Waals surface area (Å²) in [6.07, 6.45) is 2.21. The summed E-state index contributed by atoms with van der Waals surface area (Å²) in [4.78, 5) is 14.5. The molecule has 3 rings (SSSR count). The van der Waals surface area contributed by atoms with Gasteiger partial charge in [0.25, 0.3) is 5.91 Å². The fourth-order valence-corrected chi connectivity index (χ4v) is 3.61. The van der Waals surface area contributed by atoms with Crippen LogP contribution in [0.1, 0.15) is 35.2 Å². The standard InChI is InChI=1S/C17H22FNO3/c1-11-5-6-14(18)13(9-11)17(21)19-7-8-22-10-15(19)12-3-2-4-16(12)20/h5-6,9,12,15-16,20H,2-4,7-8,10H2,1H3/t12-,15-,16+/m1/s1. The van der Waals surface area contributed by atoms with E-state index in [9.17, 15) is 14.3 Å². The third-order valence-corrected chi connectivity index (χ3v) is 4.80. The molecule has 1 N–H and O–H groups in total. The Hall–Kier alpha value is -1.46. The number of benzene rings is 1. The van der Waals surface area contributed by atoms with Crippen LogP contribution >= 0.6 is 0 Å². The molecule has 22 heavy (non-hydrogen) atoms. The molecule has 1 aliphatic carbocycles. The monoisotopic (exact) mass is 307 g/mol. The van der Waals surface area contributed by atoms with Gasteiger partial charge in [-0.05, 0) is 31.9 Å². The number of ether oxygens (including phenoxy) is 1. The topological polar surface area (TPSA) is 49.8 Å². The minimum Gasteiger partial charge on any atom is -0.393 e. The van der Waals surface area contributed by atoms with Gasteiger partial charge in [0, 0.05) is 12.5 Å². The number of aliphatic hydroxyl groups is 1. The highest BCUT2D eigenvalue weighted by Gasteiger charge is 2.40. The van der Waals surface area contributed by atoms with Crippen molar-refractivity contribution in [2.75, 3.05) is 19.8 Å². The Bertz CT molecular complexity index is 563. The van der Waals surface area contributed by atoms with Crippen LogP contribution in [-0.4, -0.2) is 47.8 Å². The Kier molecular flexibility index (Phi) is 4.45. The van der Waals surface area contributed by atoms with Gasteiger partial charge in [0.05, 0.1) is 30.9 Å². The highest BCUT2D eigenvalue weighted by Crippen LogP contribution is 2.33. The first-order chi connectivity index (χ1) is 10.6. The van der Waals surface area contributed by atoms with Crippen LogP contribution in [0.25, 0.3) is 0 Å². The van der Waals surface area contributed by atoms with E-state index in [4.69, 9.17) is 4.74 Å². The highest BCUT2D eigenvalue weighted by molar-refractivity contribution is 5.95.